The third-order valence-corrected chi connectivity index (χ3v) is 3.59. The number of ether oxygens (including phenoxy) is 1. The minimum absolute atomic E-state index is 0.113. The Bertz CT molecular complexity index is 374. The summed E-state index contributed by atoms with van der Waals surface area (Å²) in [4.78, 5) is 0. The van der Waals surface area contributed by atoms with Gasteiger partial charge in [-0.2, -0.15) is 5.10 Å². The fourth-order valence-corrected chi connectivity index (χ4v) is 1.77. The molecular formula is C11H20ClN3O. The first-order valence-electron chi connectivity index (χ1n) is 5.28. The van der Waals surface area contributed by atoms with Crippen molar-refractivity contribution in [2.24, 2.45) is 12.8 Å². The molecular weight excluding hydrogens is 226 g/mol. The molecule has 92 valence electrons. The normalized spacial score (nSPS) is 14.2. The average molecular weight is 246 g/mol. The van der Waals surface area contributed by atoms with Gasteiger partial charge in [0.25, 0.3) is 0 Å². The van der Waals surface area contributed by atoms with Crippen molar-refractivity contribution in [1.29, 1.82) is 0 Å². The molecule has 0 aromatic carbocycles. The molecule has 0 aliphatic rings. The highest BCUT2D eigenvalue weighted by Crippen LogP contribution is 2.23. The highest BCUT2D eigenvalue weighted by Gasteiger charge is 2.28. The lowest BCUT2D eigenvalue weighted by molar-refractivity contribution is 0.000782. The number of aromatic nitrogens is 2. The monoisotopic (exact) mass is 245 g/mol. The van der Waals surface area contributed by atoms with E-state index in [0.717, 1.165) is 11.3 Å². The number of hydrogen-bond donors (Lipinski definition) is 1. The maximum Gasteiger partial charge on any atom is 0.130 e. The third-order valence-electron chi connectivity index (χ3n) is 3.11. The molecule has 0 spiro atoms. The van der Waals surface area contributed by atoms with Crippen LogP contribution in [0.15, 0.2) is 0 Å². The molecule has 2 N–H and O–H groups in total. The van der Waals surface area contributed by atoms with Crippen LogP contribution in [0.3, 0.4) is 0 Å². The van der Waals surface area contributed by atoms with Gasteiger partial charge >= 0.3 is 0 Å². The van der Waals surface area contributed by atoms with Crippen LogP contribution in [0, 0.1) is 6.92 Å². The second-order valence-corrected chi connectivity index (χ2v) is 4.95. The molecule has 0 aliphatic heterocycles. The second-order valence-electron chi connectivity index (χ2n) is 4.60. The van der Waals surface area contributed by atoms with Gasteiger partial charge in [-0.3, -0.25) is 4.68 Å². The van der Waals surface area contributed by atoms with E-state index >= 15 is 0 Å². The zero-order chi connectivity index (χ0) is 12.5. The number of aryl methyl sites for hydroxylation is 2. The standard InChI is InChI=1S/C11H20ClN3O/c1-7-8(10(12)15(4)14-7)6-9(13)11(2,3)16-5/h9H,6,13H2,1-5H3. The van der Waals surface area contributed by atoms with Crippen LogP contribution in [0.4, 0.5) is 0 Å². The Morgan fingerprint density at radius 2 is 2.12 bits per heavy atom. The Kier molecular flexibility index (Phi) is 3.99. The van der Waals surface area contributed by atoms with Crippen molar-refractivity contribution in [1.82, 2.24) is 9.78 Å². The largest absolute Gasteiger partial charge is 0.377 e. The molecule has 5 heteroatoms. The highest BCUT2D eigenvalue weighted by molar-refractivity contribution is 6.30. The van der Waals surface area contributed by atoms with Gasteiger partial charge in [0, 0.05) is 25.8 Å². The first-order valence-corrected chi connectivity index (χ1v) is 5.66. The molecule has 0 bridgehead atoms. The van der Waals surface area contributed by atoms with E-state index < -0.39 is 0 Å². The first-order chi connectivity index (χ1) is 7.29. The van der Waals surface area contributed by atoms with Gasteiger partial charge in [0.1, 0.15) is 5.15 Å². The summed E-state index contributed by atoms with van der Waals surface area (Å²) in [5, 5.41) is 4.91. The minimum atomic E-state index is -0.369. The predicted molar refractivity (Wildman–Crippen MR) is 65.7 cm³/mol. The van der Waals surface area contributed by atoms with E-state index in [1.165, 1.54) is 0 Å². The molecule has 1 unspecified atom stereocenters. The smallest absolute Gasteiger partial charge is 0.130 e. The van der Waals surface area contributed by atoms with Gasteiger partial charge in [0.05, 0.1) is 11.3 Å². The van der Waals surface area contributed by atoms with E-state index in [9.17, 15) is 0 Å². The van der Waals surface area contributed by atoms with Crippen molar-refractivity contribution in [3.8, 4) is 0 Å². The Labute approximate surface area is 102 Å². The number of rotatable bonds is 4. The van der Waals surface area contributed by atoms with Crippen molar-refractivity contribution in [3.63, 3.8) is 0 Å². The van der Waals surface area contributed by atoms with Crippen molar-refractivity contribution in [2.75, 3.05) is 7.11 Å². The molecule has 1 aromatic heterocycles. The lowest BCUT2D eigenvalue weighted by atomic mass is 9.93. The Morgan fingerprint density at radius 1 is 1.56 bits per heavy atom. The van der Waals surface area contributed by atoms with Crippen molar-refractivity contribution in [3.05, 3.63) is 16.4 Å². The van der Waals surface area contributed by atoms with E-state index in [-0.39, 0.29) is 11.6 Å². The molecule has 0 saturated carbocycles. The average Bonchev–Trinajstić information content (AvgIpc) is 2.45. The van der Waals surface area contributed by atoms with E-state index in [4.69, 9.17) is 22.1 Å². The molecule has 1 atom stereocenters. The van der Waals surface area contributed by atoms with Crippen LogP contribution < -0.4 is 5.73 Å². The van der Waals surface area contributed by atoms with Gasteiger partial charge < -0.3 is 10.5 Å². The second kappa shape index (κ2) is 4.73. The van der Waals surface area contributed by atoms with Crippen LogP contribution in [-0.4, -0.2) is 28.5 Å². The molecule has 0 fully saturated rings. The van der Waals surface area contributed by atoms with Gasteiger partial charge in [0.2, 0.25) is 0 Å². The topological polar surface area (TPSA) is 53.1 Å². The van der Waals surface area contributed by atoms with Crippen LogP contribution in [0.25, 0.3) is 0 Å². The fourth-order valence-electron chi connectivity index (χ4n) is 1.52. The number of hydrogen-bond acceptors (Lipinski definition) is 3. The summed E-state index contributed by atoms with van der Waals surface area (Å²) in [6.45, 7) is 5.88. The molecule has 0 aliphatic carbocycles. The number of halogens is 1. The highest BCUT2D eigenvalue weighted by atomic mass is 35.5. The molecule has 1 aromatic rings. The van der Waals surface area contributed by atoms with E-state index in [2.05, 4.69) is 5.10 Å². The van der Waals surface area contributed by atoms with Gasteiger partial charge in [0.15, 0.2) is 0 Å². The Morgan fingerprint density at radius 3 is 2.50 bits per heavy atom. The molecule has 0 radical (unpaired) electrons. The van der Waals surface area contributed by atoms with E-state index in [1.807, 2.05) is 27.8 Å². The van der Waals surface area contributed by atoms with Gasteiger partial charge in [-0.15, -0.1) is 0 Å². The van der Waals surface area contributed by atoms with Crippen LogP contribution in [0.5, 0.6) is 0 Å². The molecule has 0 amide bonds. The van der Waals surface area contributed by atoms with E-state index in [1.54, 1.807) is 11.8 Å². The quantitative estimate of drug-likeness (QED) is 0.878. The fraction of sp³-hybridized carbons (Fsp3) is 0.727. The summed E-state index contributed by atoms with van der Waals surface area (Å²) >= 11 is 6.16. The van der Waals surface area contributed by atoms with Crippen LogP contribution in [0.1, 0.15) is 25.1 Å². The zero-order valence-corrected chi connectivity index (χ0v) is 11.3. The third kappa shape index (κ3) is 2.56. The minimum Gasteiger partial charge on any atom is -0.377 e. The van der Waals surface area contributed by atoms with Gasteiger partial charge in [-0.1, -0.05) is 11.6 Å². The number of nitrogens with zero attached hydrogens (tertiary/aromatic N) is 2. The lowest BCUT2D eigenvalue weighted by Crippen LogP contribution is -2.46. The molecule has 1 rings (SSSR count). The lowest BCUT2D eigenvalue weighted by Gasteiger charge is -2.30. The summed E-state index contributed by atoms with van der Waals surface area (Å²) < 4.78 is 7.03. The Balaban J connectivity index is 2.89. The zero-order valence-electron chi connectivity index (χ0n) is 10.5. The van der Waals surface area contributed by atoms with Gasteiger partial charge in [-0.25, -0.2) is 0 Å². The summed E-state index contributed by atoms with van der Waals surface area (Å²) in [5.41, 5.74) is 7.68. The van der Waals surface area contributed by atoms with Crippen LogP contribution >= 0.6 is 11.6 Å². The van der Waals surface area contributed by atoms with E-state index in [0.29, 0.717) is 11.6 Å². The molecule has 1 heterocycles. The maximum absolute atomic E-state index is 6.16. The van der Waals surface area contributed by atoms with Crippen molar-refractivity contribution in [2.45, 2.75) is 38.8 Å². The van der Waals surface area contributed by atoms with Crippen LogP contribution in [-0.2, 0) is 18.2 Å². The SMILES string of the molecule is COC(C)(C)C(N)Cc1c(C)nn(C)c1Cl. The predicted octanol–water partition coefficient (Wildman–Crippen LogP) is 1.68. The summed E-state index contributed by atoms with van der Waals surface area (Å²) in [6.07, 6.45) is 0.666. The van der Waals surface area contributed by atoms with Crippen molar-refractivity contribution >= 4 is 11.6 Å². The summed E-state index contributed by atoms with van der Waals surface area (Å²) in [7, 11) is 3.49. The number of methoxy groups -OCH3 is 1. The van der Waals surface area contributed by atoms with Gasteiger partial charge in [-0.05, 0) is 27.2 Å². The van der Waals surface area contributed by atoms with Crippen LogP contribution in [0.2, 0.25) is 5.15 Å². The van der Waals surface area contributed by atoms with Crippen molar-refractivity contribution < 1.29 is 4.74 Å². The molecule has 16 heavy (non-hydrogen) atoms. The maximum atomic E-state index is 6.16. The Hall–Kier alpha value is -0.580. The number of nitrogens with two attached hydrogens (primary N) is 1. The summed E-state index contributed by atoms with van der Waals surface area (Å²) in [5.74, 6) is 0. The summed E-state index contributed by atoms with van der Waals surface area (Å²) in [6, 6.07) is -0.113. The molecule has 0 saturated heterocycles. The molecule has 4 nitrogen and oxygen atoms in total. The first kappa shape index (κ1) is 13.5.